The van der Waals surface area contributed by atoms with Gasteiger partial charge >= 0.3 is 0 Å². The molecule has 0 unspecified atom stereocenters. The van der Waals surface area contributed by atoms with Crippen molar-refractivity contribution in [3.8, 4) is 10.8 Å². The Balaban J connectivity index is 1.58. The summed E-state index contributed by atoms with van der Waals surface area (Å²) in [5, 5.41) is 2.03. The van der Waals surface area contributed by atoms with Crippen molar-refractivity contribution in [1.82, 2.24) is 4.98 Å². The number of aryl methyl sites for hydroxylation is 1. The van der Waals surface area contributed by atoms with E-state index >= 15 is 0 Å². The molecule has 0 spiro atoms. The summed E-state index contributed by atoms with van der Waals surface area (Å²) < 4.78 is 5.52. The van der Waals surface area contributed by atoms with Crippen molar-refractivity contribution in [1.29, 1.82) is 0 Å². The maximum Gasteiger partial charge on any atom is 0.236 e. The lowest BCUT2D eigenvalue weighted by atomic mass is 10.1. The first-order valence-corrected chi connectivity index (χ1v) is 8.47. The van der Waals surface area contributed by atoms with Crippen LogP contribution in [0.5, 0.6) is 0 Å². The number of oxazole rings is 1. The lowest BCUT2D eigenvalue weighted by Gasteiger charge is -2.03. The van der Waals surface area contributed by atoms with Gasteiger partial charge in [0.2, 0.25) is 5.89 Å². The summed E-state index contributed by atoms with van der Waals surface area (Å²) in [6.07, 6.45) is 1.76. The van der Waals surface area contributed by atoms with Crippen LogP contribution in [0.2, 0.25) is 0 Å². The van der Waals surface area contributed by atoms with Crippen molar-refractivity contribution in [2.75, 3.05) is 0 Å². The monoisotopic (exact) mass is 301 g/mol. The number of aromatic nitrogens is 1. The molecule has 0 saturated carbocycles. The van der Waals surface area contributed by atoms with E-state index < -0.39 is 0 Å². The summed E-state index contributed by atoms with van der Waals surface area (Å²) in [7, 11) is 0. The van der Waals surface area contributed by atoms with Crippen molar-refractivity contribution in [3.05, 3.63) is 64.9 Å². The number of hydrogen-bond acceptors (Lipinski definition) is 4. The van der Waals surface area contributed by atoms with Crippen LogP contribution in [0.25, 0.3) is 10.8 Å². The van der Waals surface area contributed by atoms with Gasteiger partial charge in [-0.1, -0.05) is 30.3 Å². The summed E-state index contributed by atoms with van der Waals surface area (Å²) in [5.74, 6) is 2.61. The minimum atomic E-state index is 0.728. The van der Waals surface area contributed by atoms with E-state index in [1.807, 2.05) is 29.3 Å². The molecule has 0 bridgehead atoms. The van der Waals surface area contributed by atoms with Gasteiger partial charge in [-0.2, -0.15) is 11.8 Å². The van der Waals surface area contributed by atoms with Gasteiger partial charge in [0.15, 0.2) is 0 Å². The van der Waals surface area contributed by atoms with Crippen LogP contribution < -0.4 is 0 Å². The number of nitrogens with zero attached hydrogens (tertiary/aromatic N) is 1. The molecule has 3 rings (SSSR count). The molecule has 0 aliphatic heterocycles. The van der Waals surface area contributed by atoms with Gasteiger partial charge in [0, 0.05) is 11.5 Å². The third-order valence-corrected chi connectivity index (χ3v) is 4.93. The van der Waals surface area contributed by atoms with Gasteiger partial charge in [-0.05, 0) is 29.5 Å². The highest BCUT2D eigenvalue weighted by molar-refractivity contribution is 7.97. The predicted octanol–water partition coefficient (Wildman–Crippen LogP) is 5.14. The predicted molar refractivity (Wildman–Crippen MR) is 86.0 cm³/mol. The summed E-state index contributed by atoms with van der Waals surface area (Å²) in [4.78, 5) is 5.61. The fraction of sp³-hybridized carbons (Fsp3) is 0.188. The van der Waals surface area contributed by atoms with Crippen LogP contribution in [-0.4, -0.2) is 4.98 Å². The fourth-order valence-electron chi connectivity index (χ4n) is 1.92. The molecule has 2 nitrogen and oxygen atoms in total. The maximum absolute atomic E-state index is 5.52. The highest BCUT2D eigenvalue weighted by Gasteiger charge is 2.07. The summed E-state index contributed by atoms with van der Waals surface area (Å²) in [5.41, 5.74) is 3.74. The van der Waals surface area contributed by atoms with E-state index in [-0.39, 0.29) is 0 Å². The second kappa shape index (κ2) is 6.29. The lowest BCUT2D eigenvalue weighted by molar-refractivity contribution is 0.575. The van der Waals surface area contributed by atoms with E-state index in [4.69, 9.17) is 4.42 Å². The Morgan fingerprint density at radius 1 is 1.15 bits per heavy atom. The zero-order valence-electron chi connectivity index (χ0n) is 11.2. The number of rotatable bonds is 5. The van der Waals surface area contributed by atoms with Crippen LogP contribution >= 0.6 is 23.1 Å². The Bertz CT molecular complexity index is 673. The molecule has 0 aliphatic carbocycles. The van der Waals surface area contributed by atoms with E-state index in [1.165, 1.54) is 11.1 Å². The Morgan fingerprint density at radius 2 is 2.05 bits per heavy atom. The molecular formula is C16H15NOS2. The van der Waals surface area contributed by atoms with Crippen molar-refractivity contribution in [3.63, 3.8) is 0 Å². The maximum atomic E-state index is 5.52. The Morgan fingerprint density at radius 3 is 2.85 bits per heavy atom. The average Bonchev–Trinajstić information content (AvgIpc) is 3.11. The first kappa shape index (κ1) is 13.5. The van der Waals surface area contributed by atoms with Gasteiger partial charge < -0.3 is 4.42 Å². The molecule has 0 radical (unpaired) electrons. The molecule has 2 heterocycles. The van der Waals surface area contributed by atoms with Crippen LogP contribution in [0.15, 0.2) is 52.5 Å². The number of hydrogen-bond donors (Lipinski definition) is 0. The molecule has 1 aromatic carbocycles. The summed E-state index contributed by atoms with van der Waals surface area (Å²) in [6.45, 7) is 2.15. The molecule has 0 N–H and O–H groups in total. The second-order valence-electron chi connectivity index (χ2n) is 4.54. The Kier molecular flexibility index (Phi) is 4.23. The second-order valence-corrected chi connectivity index (χ2v) is 6.47. The number of thiophene rings is 1. The molecule has 4 heteroatoms. The standard InChI is InChI=1S/C16H15NOS2/c1-12-5-2-3-6-13(12)10-19-11-14-9-18-16(17-14)15-7-4-8-20-15/h2-9H,10-11H2,1H3. The van der Waals surface area contributed by atoms with Crippen molar-refractivity contribution < 1.29 is 4.42 Å². The third kappa shape index (κ3) is 3.14. The zero-order chi connectivity index (χ0) is 13.8. The van der Waals surface area contributed by atoms with Crippen LogP contribution in [0.1, 0.15) is 16.8 Å². The summed E-state index contributed by atoms with van der Waals surface area (Å²) >= 11 is 3.51. The molecule has 0 saturated heterocycles. The van der Waals surface area contributed by atoms with Crippen LogP contribution in [0.3, 0.4) is 0 Å². The largest absolute Gasteiger partial charge is 0.444 e. The van der Waals surface area contributed by atoms with Crippen molar-refractivity contribution >= 4 is 23.1 Å². The molecule has 0 atom stereocenters. The van der Waals surface area contributed by atoms with Crippen LogP contribution in [-0.2, 0) is 11.5 Å². The molecule has 0 fully saturated rings. The third-order valence-electron chi connectivity index (χ3n) is 3.05. The first-order chi connectivity index (χ1) is 9.83. The molecule has 2 aromatic heterocycles. The van der Waals surface area contributed by atoms with Gasteiger partial charge in [-0.25, -0.2) is 4.98 Å². The van der Waals surface area contributed by atoms with E-state index in [0.717, 1.165) is 28.0 Å². The normalized spacial score (nSPS) is 10.8. The lowest BCUT2D eigenvalue weighted by Crippen LogP contribution is -1.87. The molecule has 0 aliphatic rings. The molecule has 3 aromatic rings. The summed E-state index contributed by atoms with van der Waals surface area (Å²) in [6, 6.07) is 12.5. The van der Waals surface area contributed by atoms with Gasteiger partial charge in [0.05, 0.1) is 10.6 Å². The minimum Gasteiger partial charge on any atom is -0.444 e. The van der Waals surface area contributed by atoms with Crippen LogP contribution in [0.4, 0.5) is 0 Å². The molecular weight excluding hydrogens is 286 g/mol. The topological polar surface area (TPSA) is 26.0 Å². The van der Waals surface area contributed by atoms with Gasteiger partial charge in [0.25, 0.3) is 0 Å². The van der Waals surface area contributed by atoms with E-state index in [0.29, 0.717) is 0 Å². The Labute approximate surface area is 126 Å². The fourth-order valence-corrected chi connectivity index (χ4v) is 3.57. The SMILES string of the molecule is Cc1ccccc1CSCc1coc(-c2cccs2)n1. The quantitative estimate of drug-likeness (QED) is 0.652. The Hall–Kier alpha value is -1.52. The van der Waals surface area contributed by atoms with Gasteiger partial charge in [-0.15, -0.1) is 11.3 Å². The van der Waals surface area contributed by atoms with Crippen LogP contribution in [0, 0.1) is 6.92 Å². The van der Waals surface area contributed by atoms with E-state index in [9.17, 15) is 0 Å². The molecule has 102 valence electrons. The minimum absolute atomic E-state index is 0.728. The van der Waals surface area contributed by atoms with Gasteiger partial charge in [-0.3, -0.25) is 0 Å². The van der Waals surface area contributed by atoms with Gasteiger partial charge in [0.1, 0.15) is 6.26 Å². The molecule has 20 heavy (non-hydrogen) atoms. The smallest absolute Gasteiger partial charge is 0.236 e. The number of thioether (sulfide) groups is 1. The average molecular weight is 301 g/mol. The number of benzene rings is 1. The highest BCUT2D eigenvalue weighted by atomic mass is 32.2. The van der Waals surface area contributed by atoms with Crippen molar-refractivity contribution in [2.45, 2.75) is 18.4 Å². The van der Waals surface area contributed by atoms with E-state index in [2.05, 4.69) is 36.2 Å². The zero-order valence-corrected chi connectivity index (χ0v) is 12.8. The highest BCUT2D eigenvalue weighted by Crippen LogP contribution is 2.26. The molecule has 0 amide bonds. The van der Waals surface area contributed by atoms with E-state index in [1.54, 1.807) is 17.6 Å². The first-order valence-electron chi connectivity index (χ1n) is 6.43. The van der Waals surface area contributed by atoms with Crippen molar-refractivity contribution in [2.24, 2.45) is 0 Å².